The average molecular weight is 381 g/mol. The van der Waals surface area contributed by atoms with Gasteiger partial charge in [0.25, 0.3) is 5.91 Å². The molecule has 2 aromatic carbocycles. The van der Waals surface area contributed by atoms with Crippen molar-refractivity contribution in [3.63, 3.8) is 0 Å². The number of nitrogens with one attached hydrogen (secondary N) is 1. The number of hydrogen-bond donors (Lipinski definition) is 1. The van der Waals surface area contributed by atoms with Crippen molar-refractivity contribution in [3.8, 4) is 5.75 Å². The minimum atomic E-state index is -0.326. The van der Waals surface area contributed by atoms with Crippen LogP contribution in [0.25, 0.3) is 10.2 Å². The Morgan fingerprint density at radius 2 is 2.05 bits per heavy atom. The maximum Gasteiger partial charge on any atom is 0.264 e. The SMILES string of the molecule is O=C(COc1ccc(Br)cc1)Nc1nc2ccc(F)cc2s1. The van der Waals surface area contributed by atoms with E-state index in [4.69, 9.17) is 4.74 Å². The van der Waals surface area contributed by atoms with E-state index in [9.17, 15) is 9.18 Å². The quantitative estimate of drug-likeness (QED) is 0.737. The smallest absolute Gasteiger partial charge is 0.264 e. The van der Waals surface area contributed by atoms with Gasteiger partial charge >= 0.3 is 0 Å². The van der Waals surface area contributed by atoms with Crippen LogP contribution in [0.15, 0.2) is 46.9 Å². The van der Waals surface area contributed by atoms with Gasteiger partial charge in [0.15, 0.2) is 11.7 Å². The first-order valence-corrected chi connectivity index (χ1v) is 7.95. The summed E-state index contributed by atoms with van der Waals surface area (Å²) >= 11 is 4.54. The highest BCUT2D eigenvalue weighted by Gasteiger charge is 2.09. The molecule has 0 aliphatic heterocycles. The number of hydrogen-bond acceptors (Lipinski definition) is 4. The molecule has 1 aromatic heterocycles. The minimum Gasteiger partial charge on any atom is -0.484 e. The molecule has 0 radical (unpaired) electrons. The second-order valence-corrected chi connectivity index (χ2v) is 6.37. The molecule has 0 unspecified atom stereocenters. The molecule has 3 rings (SSSR count). The van der Waals surface area contributed by atoms with E-state index in [1.54, 1.807) is 18.2 Å². The van der Waals surface area contributed by atoms with E-state index >= 15 is 0 Å². The standard InChI is InChI=1S/C15H10BrFN2O2S/c16-9-1-4-11(5-2-9)21-8-14(20)19-15-18-12-6-3-10(17)7-13(12)22-15/h1-7H,8H2,(H,18,19,20). The zero-order valence-corrected chi connectivity index (χ0v) is 13.6. The zero-order valence-electron chi connectivity index (χ0n) is 11.2. The van der Waals surface area contributed by atoms with Crippen molar-refractivity contribution >= 4 is 48.5 Å². The number of aromatic nitrogens is 1. The number of ether oxygens (including phenoxy) is 1. The van der Waals surface area contributed by atoms with E-state index in [0.29, 0.717) is 21.1 Å². The van der Waals surface area contributed by atoms with E-state index in [2.05, 4.69) is 26.2 Å². The lowest BCUT2D eigenvalue weighted by atomic mass is 10.3. The number of anilines is 1. The summed E-state index contributed by atoms with van der Waals surface area (Å²) in [4.78, 5) is 16.1. The van der Waals surface area contributed by atoms with Crippen LogP contribution >= 0.6 is 27.3 Å². The van der Waals surface area contributed by atoms with Crippen LogP contribution in [-0.4, -0.2) is 17.5 Å². The Morgan fingerprint density at radius 1 is 1.27 bits per heavy atom. The molecular formula is C15H10BrFN2O2S. The van der Waals surface area contributed by atoms with Crippen LogP contribution in [0.2, 0.25) is 0 Å². The van der Waals surface area contributed by atoms with Crippen molar-refractivity contribution in [2.24, 2.45) is 0 Å². The van der Waals surface area contributed by atoms with Crippen LogP contribution in [0.1, 0.15) is 0 Å². The lowest BCUT2D eigenvalue weighted by Crippen LogP contribution is -2.19. The van der Waals surface area contributed by atoms with Gasteiger partial charge in [-0.3, -0.25) is 10.1 Å². The van der Waals surface area contributed by atoms with Gasteiger partial charge in [-0.2, -0.15) is 0 Å². The lowest BCUT2D eigenvalue weighted by molar-refractivity contribution is -0.118. The van der Waals surface area contributed by atoms with Gasteiger partial charge in [0, 0.05) is 4.47 Å². The van der Waals surface area contributed by atoms with Gasteiger partial charge in [-0.15, -0.1) is 0 Å². The minimum absolute atomic E-state index is 0.119. The van der Waals surface area contributed by atoms with Gasteiger partial charge < -0.3 is 4.74 Å². The third-order valence-corrected chi connectivity index (χ3v) is 4.24. The maximum absolute atomic E-state index is 13.1. The van der Waals surface area contributed by atoms with Crippen LogP contribution in [-0.2, 0) is 4.79 Å². The van der Waals surface area contributed by atoms with Gasteiger partial charge in [-0.05, 0) is 42.5 Å². The van der Waals surface area contributed by atoms with E-state index in [1.807, 2.05) is 12.1 Å². The van der Waals surface area contributed by atoms with E-state index in [-0.39, 0.29) is 18.3 Å². The number of carbonyl (C=O) groups is 1. The van der Waals surface area contributed by atoms with Crippen LogP contribution < -0.4 is 10.1 Å². The van der Waals surface area contributed by atoms with Gasteiger partial charge in [0.05, 0.1) is 10.2 Å². The predicted octanol–water partition coefficient (Wildman–Crippen LogP) is 4.22. The third-order valence-electron chi connectivity index (χ3n) is 2.78. The Hall–Kier alpha value is -1.99. The Kier molecular flexibility index (Phi) is 4.35. The predicted molar refractivity (Wildman–Crippen MR) is 87.8 cm³/mol. The molecule has 0 aliphatic rings. The summed E-state index contributed by atoms with van der Waals surface area (Å²) in [7, 11) is 0. The third kappa shape index (κ3) is 3.61. The van der Waals surface area contributed by atoms with Crippen molar-refractivity contribution < 1.29 is 13.9 Å². The molecule has 0 fully saturated rings. The van der Waals surface area contributed by atoms with Gasteiger partial charge in [-0.1, -0.05) is 27.3 Å². The molecule has 1 N–H and O–H groups in total. The topological polar surface area (TPSA) is 51.2 Å². The molecule has 0 saturated carbocycles. The number of amides is 1. The molecule has 1 amide bonds. The van der Waals surface area contributed by atoms with Crippen molar-refractivity contribution in [2.75, 3.05) is 11.9 Å². The fraction of sp³-hybridized carbons (Fsp3) is 0.0667. The van der Waals surface area contributed by atoms with Crippen LogP contribution in [0, 0.1) is 5.82 Å². The number of benzene rings is 2. The number of thiazole rings is 1. The summed E-state index contributed by atoms with van der Waals surface area (Å²) in [5, 5.41) is 3.07. The number of halogens is 2. The molecule has 0 saturated heterocycles. The number of fused-ring (bicyclic) bond motifs is 1. The Labute approximate surface area is 138 Å². The van der Waals surface area contributed by atoms with E-state index in [1.165, 1.54) is 23.5 Å². The second kappa shape index (κ2) is 6.41. The highest BCUT2D eigenvalue weighted by molar-refractivity contribution is 9.10. The number of nitrogens with zero attached hydrogens (tertiary/aromatic N) is 1. The largest absolute Gasteiger partial charge is 0.484 e. The van der Waals surface area contributed by atoms with Crippen LogP contribution in [0.4, 0.5) is 9.52 Å². The van der Waals surface area contributed by atoms with Gasteiger partial charge in [0.2, 0.25) is 0 Å². The number of rotatable bonds is 4. The summed E-state index contributed by atoms with van der Waals surface area (Å²) < 4.78 is 20.1. The fourth-order valence-electron chi connectivity index (χ4n) is 1.79. The highest BCUT2D eigenvalue weighted by atomic mass is 79.9. The maximum atomic E-state index is 13.1. The first-order chi connectivity index (χ1) is 10.6. The molecule has 1 heterocycles. The fourth-order valence-corrected chi connectivity index (χ4v) is 2.96. The molecule has 0 spiro atoms. The van der Waals surface area contributed by atoms with Crippen molar-refractivity contribution in [1.82, 2.24) is 4.98 Å². The first kappa shape index (κ1) is 14.9. The summed E-state index contributed by atoms with van der Waals surface area (Å²) in [6, 6.07) is 11.5. The summed E-state index contributed by atoms with van der Waals surface area (Å²) in [5.74, 6) is -0.0419. The Balaban J connectivity index is 1.61. The lowest BCUT2D eigenvalue weighted by Gasteiger charge is -2.05. The van der Waals surface area contributed by atoms with Gasteiger partial charge in [0.1, 0.15) is 11.6 Å². The summed E-state index contributed by atoms with van der Waals surface area (Å²) in [5.41, 5.74) is 0.649. The molecule has 7 heteroatoms. The van der Waals surface area contributed by atoms with E-state index in [0.717, 1.165) is 4.47 Å². The molecule has 0 bridgehead atoms. The molecule has 112 valence electrons. The van der Waals surface area contributed by atoms with Crippen molar-refractivity contribution in [3.05, 3.63) is 52.8 Å². The molecule has 4 nitrogen and oxygen atoms in total. The van der Waals surface area contributed by atoms with Crippen molar-refractivity contribution in [2.45, 2.75) is 0 Å². The molecule has 0 atom stereocenters. The number of carbonyl (C=O) groups excluding carboxylic acids is 1. The second-order valence-electron chi connectivity index (χ2n) is 4.42. The van der Waals surface area contributed by atoms with E-state index < -0.39 is 0 Å². The molecular weight excluding hydrogens is 371 g/mol. The normalized spacial score (nSPS) is 10.6. The summed E-state index contributed by atoms with van der Waals surface area (Å²) in [6.45, 7) is -0.119. The highest BCUT2D eigenvalue weighted by Crippen LogP contribution is 2.26. The van der Waals surface area contributed by atoms with Crippen molar-refractivity contribution in [1.29, 1.82) is 0 Å². The van der Waals surface area contributed by atoms with Crippen LogP contribution in [0.3, 0.4) is 0 Å². The summed E-state index contributed by atoms with van der Waals surface area (Å²) in [6.07, 6.45) is 0. The van der Waals surface area contributed by atoms with Crippen LogP contribution in [0.5, 0.6) is 5.75 Å². The average Bonchev–Trinajstić information content (AvgIpc) is 2.88. The first-order valence-electron chi connectivity index (χ1n) is 6.34. The molecule has 0 aliphatic carbocycles. The molecule has 3 aromatic rings. The zero-order chi connectivity index (χ0) is 15.5. The Bertz CT molecular complexity index is 820. The van der Waals surface area contributed by atoms with Gasteiger partial charge in [-0.25, -0.2) is 9.37 Å². The monoisotopic (exact) mass is 380 g/mol. The molecule has 22 heavy (non-hydrogen) atoms. The Morgan fingerprint density at radius 3 is 2.82 bits per heavy atom.